The maximum absolute atomic E-state index is 4.65. The van der Waals surface area contributed by atoms with Crippen LogP contribution in [0.25, 0.3) is 0 Å². The van der Waals surface area contributed by atoms with Gasteiger partial charge in [0.2, 0.25) is 0 Å². The first-order valence-electron chi connectivity index (χ1n) is 7.42. The molecule has 2 rings (SSSR count). The van der Waals surface area contributed by atoms with Crippen LogP contribution in [-0.2, 0) is 6.54 Å². The highest BCUT2D eigenvalue weighted by atomic mass is 15.3. The predicted octanol–water partition coefficient (Wildman–Crippen LogP) is 3.48. The first-order chi connectivity index (χ1) is 8.65. The summed E-state index contributed by atoms with van der Waals surface area (Å²) >= 11 is 0. The molecule has 3 heteroatoms. The Bertz CT molecular complexity index is 377. The maximum atomic E-state index is 4.65. The molecule has 1 aliphatic rings. The van der Waals surface area contributed by atoms with Crippen molar-refractivity contribution in [2.45, 2.75) is 65.5 Å². The largest absolute Gasteiger partial charge is 0.313 e. The molecular formula is C15H27N3. The maximum Gasteiger partial charge on any atom is 0.0537 e. The fraction of sp³-hybridized carbons (Fsp3) is 0.800. The Hall–Kier alpha value is -0.830. The van der Waals surface area contributed by atoms with Gasteiger partial charge in [-0.05, 0) is 44.6 Å². The van der Waals surface area contributed by atoms with Crippen molar-refractivity contribution < 1.29 is 0 Å². The number of hydrogen-bond donors (Lipinski definition) is 1. The zero-order valence-corrected chi connectivity index (χ0v) is 12.2. The van der Waals surface area contributed by atoms with Gasteiger partial charge < -0.3 is 5.32 Å². The highest BCUT2D eigenvalue weighted by Gasteiger charge is 2.31. The molecule has 18 heavy (non-hydrogen) atoms. The second-order valence-corrected chi connectivity index (χ2v) is 5.91. The molecule has 1 aromatic rings. The van der Waals surface area contributed by atoms with Crippen LogP contribution >= 0.6 is 0 Å². The van der Waals surface area contributed by atoms with Crippen molar-refractivity contribution in [2.24, 2.45) is 5.92 Å². The lowest BCUT2D eigenvalue weighted by Gasteiger charge is -2.18. The summed E-state index contributed by atoms with van der Waals surface area (Å²) < 4.78 is 2.28. The summed E-state index contributed by atoms with van der Waals surface area (Å²) in [4.78, 5) is 0. The third kappa shape index (κ3) is 2.94. The van der Waals surface area contributed by atoms with E-state index in [1.54, 1.807) is 0 Å². The molecule has 1 heterocycles. The minimum absolute atomic E-state index is 0.548. The van der Waals surface area contributed by atoms with Crippen molar-refractivity contribution in [1.29, 1.82) is 0 Å². The van der Waals surface area contributed by atoms with Crippen molar-refractivity contribution in [3.05, 3.63) is 17.5 Å². The van der Waals surface area contributed by atoms with Crippen LogP contribution in [0.1, 0.15) is 70.2 Å². The van der Waals surface area contributed by atoms with Gasteiger partial charge in [0.1, 0.15) is 0 Å². The molecule has 1 aliphatic carbocycles. The summed E-state index contributed by atoms with van der Waals surface area (Å²) in [6.07, 6.45) is 6.00. The van der Waals surface area contributed by atoms with E-state index in [9.17, 15) is 0 Å². The molecule has 0 aromatic carbocycles. The lowest BCUT2D eigenvalue weighted by molar-refractivity contribution is 0.417. The van der Waals surface area contributed by atoms with Gasteiger partial charge in [-0.3, -0.25) is 4.68 Å². The van der Waals surface area contributed by atoms with Crippen molar-refractivity contribution in [2.75, 3.05) is 6.54 Å². The smallest absolute Gasteiger partial charge is 0.0537 e. The van der Waals surface area contributed by atoms with Gasteiger partial charge in [0, 0.05) is 17.8 Å². The Labute approximate surface area is 111 Å². The van der Waals surface area contributed by atoms with Gasteiger partial charge >= 0.3 is 0 Å². The van der Waals surface area contributed by atoms with Crippen molar-refractivity contribution >= 4 is 0 Å². The summed E-state index contributed by atoms with van der Waals surface area (Å²) in [5.41, 5.74) is 2.81. The lowest BCUT2D eigenvalue weighted by atomic mass is 10.0. The van der Waals surface area contributed by atoms with E-state index in [0.29, 0.717) is 12.0 Å². The van der Waals surface area contributed by atoms with Gasteiger partial charge in [0.05, 0.1) is 12.2 Å². The molecular weight excluding hydrogens is 222 g/mol. The van der Waals surface area contributed by atoms with E-state index in [-0.39, 0.29) is 0 Å². The summed E-state index contributed by atoms with van der Waals surface area (Å²) in [5.74, 6) is 1.41. The molecule has 1 unspecified atom stereocenters. The number of nitrogens with zero attached hydrogens (tertiary/aromatic N) is 2. The second-order valence-electron chi connectivity index (χ2n) is 5.91. The predicted molar refractivity (Wildman–Crippen MR) is 75.7 cm³/mol. The summed E-state index contributed by atoms with van der Waals surface area (Å²) in [6.45, 7) is 11.1. The van der Waals surface area contributed by atoms with Gasteiger partial charge in [-0.25, -0.2) is 0 Å². The number of rotatable bonds is 7. The zero-order valence-electron chi connectivity index (χ0n) is 12.2. The molecule has 0 radical (unpaired) electrons. The number of nitrogens with one attached hydrogen (secondary N) is 1. The summed E-state index contributed by atoms with van der Waals surface area (Å²) in [5, 5.41) is 8.14. The first-order valence-corrected chi connectivity index (χ1v) is 7.42. The molecule has 0 spiro atoms. The molecule has 1 saturated carbocycles. The van der Waals surface area contributed by atoms with Gasteiger partial charge in [-0.1, -0.05) is 20.8 Å². The highest BCUT2D eigenvalue weighted by Crippen LogP contribution is 2.40. The minimum atomic E-state index is 0.548. The Morgan fingerprint density at radius 1 is 1.39 bits per heavy atom. The summed E-state index contributed by atoms with van der Waals surface area (Å²) in [6, 6.07) is 0.572. The van der Waals surface area contributed by atoms with E-state index in [4.69, 9.17) is 0 Å². The van der Waals surface area contributed by atoms with Crippen LogP contribution in [0.15, 0.2) is 6.20 Å². The average Bonchev–Trinajstić information content (AvgIpc) is 3.09. The van der Waals surface area contributed by atoms with Gasteiger partial charge in [0.15, 0.2) is 0 Å². The van der Waals surface area contributed by atoms with E-state index >= 15 is 0 Å². The topological polar surface area (TPSA) is 29.9 Å². The lowest BCUT2D eigenvalue weighted by Crippen LogP contribution is -2.17. The molecule has 102 valence electrons. The Morgan fingerprint density at radius 3 is 2.67 bits per heavy atom. The minimum Gasteiger partial charge on any atom is -0.313 e. The Balaban J connectivity index is 2.14. The van der Waals surface area contributed by atoms with Crippen LogP contribution in [0.3, 0.4) is 0 Å². The van der Waals surface area contributed by atoms with Crippen LogP contribution in [-0.4, -0.2) is 16.3 Å². The summed E-state index contributed by atoms with van der Waals surface area (Å²) in [7, 11) is 0. The van der Waals surface area contributed by atoms with E-state index in [2.05, 4.69) is 49.0 Å². The van der Waals surface area contributed by atoms with Crippen LogP contribution in [0.4, 0.5) is 0 Å². The van der Waals surface area contributed by atoms with Crippen LogP contribution in [0.2, 0.25) is 0 Å². The molecule has 3 nitrogen and oxygen atoms in total. The van der Waals surface area contributed by atoms with Crippen molar-refractivity contribution in [3.8, 4) is 0 Å². The van der Waals surface area contributed by atoms with Crippen LogP contribution < -0.4 is 5.32 Å². The van der Waals surface area contributed by atoms with Gasteiger partial charge in [-0.15, -0.1) is 0 Å². The molecule has 0 saturated heterocycles. The van der Waals surface area contributed by atoms with Gasteiger partial charge in [0.25, 0.3) is 0 Å². The third-order valence-electron chi connectivity index (χ3n) is 3.89. The monoisotopic (exact) mass is 249 g/mol. The molecule has 1 N–H and O–H groups in total. The zero-order chi connectivity index (χ0) is 13.1. The first kappa shape index (κ1) is 13.6. The van der Waals surface area contributed by atoms with E-state index < -0.39 is 0 Å². The van der Waals surface area contributed by atoms with E-state index in [1.807, 2.05) is 0 Å². The van der Waals surface area contributed by atoms with Crippen molar-refractivity contribution in [1.82, 2.24) is 15.1 Å². The molecule has 1 atom stereocenters. The van der Waals surface area contributed by atoms with E-state index in [1.165, 1.54) is 30.5 Å². The number of aromatic nitrogens is 2. The van der Waals surface area contributed by atoms with Crippen LogP contribution in [0.5, 0.6) is 0 Å². The molecule has 1 aromatic heterocycles. The Kier molecular flexibility index (Phi) is 4.44. The average molecular weight is 249 g/mol. The fourth-order valence-electron chi connectivity index (χ4n) is 2.68. The standard InChI is InChI=1S/C15H27N3/c1-5-8-16-9-14-10-17-18(15(14)11(2)3)12(4)13-6-7-13/h10-13,16H,5-9H2,1-4H3. The molecule has 1 fully saturated rings. The van der Waals surface area contributed by atoms with E-state index in [0.717, 1.165) is 19.0 Å². The van der Waals surface area contributed by atoms with Crippen molar-refractivity contribution in [3.63, 3.8) is 0 Å². The van der Waals surface area contributed by atoms with Gasteiger partial charge in [-0.2, -0.15) is 5.10 Å². The quantitative estimate of drug-likeness (QED) is 0.750. The Morgan fingerprint density at radius 2 is 2.11 bits per heavy atom. The molecule has 0 amide bonds. The SMILES string of the molecule is CCCNCc1cnn(C(C)C2CC2)c1C(C)C. The molecule has 0 bridgehead atoms. The number of hydrogen-bond acceptors (Lipinski definition) is 2. The molecule has 0 aliphatic heterocycles. The third-order valence-corrected chi connectivity index (χ3v) is 3.89. The fourth-order valence-corrected chi connectivity index (χ4v) is 2.68. The highest BCUT2D eigenvalue weighted by molar-refractivity contribution is 5.22. The van der Waals surface area contributed by atoms with Crippen LogP contribution in [0, 0.1) is 5.92 Å². The normalized spacial score (nSPS) is 17.4. The second kappa shape index (κ2) is 5.87.